The lowest BCUT2D eigenvalue weighted by atomic mass is 10.3. The average molecular weight is 281 g/mol. The summed E-state index contributed by atoms with van der Waals surface area (Å²) in [4.78, 5) is -0.0348. The van der Waals surface area contributed by atoms with E-state index in [1.54, 1.807) is 6.07 Å². The first-order chi connectivity index (χ1) is 8.88. The average Bonchev–Trinajstić information content (AvgIpc) is 2.66. The van der Waals surface area contributed by atoms with E-state index < -0.39 is 10.0 Å². The summed E-state index contributed by atoms with van der Waals surface area (Å²) in [5, 5.41) is 16.0. The van der Waals surface area contributed by atoms with Crippen molar-refractivity contribution in [3.8, 4) is 0 Å². The Morgan fingerprint density at radius 1 is 1.16 bits per heavy atom. The van der Waals surface area contributed by atoms with Gasteiger partial charge in [-0.15, -0.1) is 10.2 Å². The van der Waals surface area contributed by atoms with Crippen molar-refractivity contribution in [3.63, 3.8) is 0 Å². The summed E-state index contributed by atoms with van der Waals surface area (Å²) in [6.45, 7) is 0. The van der Waals surface area contributed by atoms with Gasteiger partial charge >= 0.3 is 0 Å². The molecule has 0 fully saturated rings. The highest BCUT2D eigenvalue weighted by molar-refractivity contribution is 7.89. The molecule has 100 valence electrons. The van der Waals surface area contributed by atoms with Gasteiger partial charge in [-0.2, -0.15) is 5.10 Å². The maximum atomic E-state index is 11.2. The van der Waals surface area contributed by atoms with Gasteiger partial charge in [0, 0.05) is 0 Å². The lowest BCUT2D eigenvalue weighted by Gasteiger charge is -2.04. The van der Waals surface area contributed by atoms with Gasteiger partial charge in [0.15, 0.2) is 17.4 Å². The van der Waals surface area contributed by atoms with Crippen LogP contribution in [0.1, 0.15) is 0 Å². The molecule has 0 radical (unpaired) electrons. The Bertz CT molecular complexity index is 685. The number of nitrogens with one attached hydrogen (secondary N) is 1. The molecule has 0 aromatic heterocycles. The highest BCUT2D eigenvalue weighted by Gasteiger charge is 2.16. The lowest BCUT2D eigenvalue weighted by Crippen LogP contribution is -2.32. The molecule has 0 atom stereocenters. The van der Waals surface area contributed by atoms with Crippen molar-refractivity contribution in [2.45, 2.75) is 4.90 Å². The molecule has 0 amide bonds. The van der Waals surface area contributed by atoms with E-state index in [2.05, 4.69) is 20.7 Å². The zero-order valence-electron chi connectivity index (χ0n) is 9.61. The summed E-state index contributed by atoms with van der Waals surface area (Å²) >= 11 is 0. The number of nitrogens with two attached hydrogens (primary N) is 3. The summed E-state index contributed by atoms with van der Waals surface area (Å²) < 4.78 is 22.4. The van der Waals surface area contributed by atoms with Crippen LogP contribution in [0.5, 0.6) is 0 Å². The molecule has 9 nitrogen and oxygen atoms in total. The zero-order valence-corrected chi connectivity index (χ0v) is 10.4. The smallest absolute Gasteiger partial charge is 0.238 e. The summed E-state index contributed by atoms with van der Waals surface area (Å²) in [5.74, 6) is 0.153. The van der Waals surface area contributed by atoms with Crippen LogP contribution >= 0.6 is 0 Å². The Morgan fingerprint density at radius 3 is 2.37 bits per heavy atom. The van der Waals surface area contributed by atoms with Crippen LogP contribution < -0.4 is 22.0 Å². The Morgan fingerprint density at radius 2 is 1.79 bits per heavy atom. The molecule has 1 heterocycles. The van der Waals surface area contributed by atoms with E-state index in [0.717, 1.165) is 0 Å². The van der Waals surface area contributed by atoms with Crippen molar-refractivity contribution in [1.82, 2.24) is 0 Å². The number of rotatable bonds is 3. The van der Waals surface area contributed by atoms with E-state index in [0.29, 0.717) is 5.69 Å². The number of primary sulfonamides is 1. The van der Waals surface area contributed by atoms with E-state index in [1.165, 1.54) is 18.2 Å². The van der Waals surface area contributed by atoms with Gasteiger partial charge in [0.25, 0.3) is 0 Å². The molecule has 7 N–H and O–H groups in total. The molecule has 1 aliphatic rings. The minimum Gasteiger partial charge on any atom is -0.380 e. The normalized spacial score (nSPS) is 14.9. The molecule has 0 saturated carbocycles. The summed E-state index contributed by atoms with van der Waals surface area (Å²) in [6, 6.07) is 5.82. The first-order valence-corrected chi connectivity index (χ1v) is 6.56. The van der Waals surface area contributed by atoms with Crippen molar-refractivity contribution in [1.29, 1.82) is 0 Å². The highest BCUT2D eigenvalue weighted by Crippen LogP contribution is 2.14. The van der Waals surface area contributed by atoms with Gasteiger partial charge in [0.05, 0.1) is 10.6 Å². The second kappa shape index (κ2) is 4.66. The van der Waals surface area contributed by atoms with Crippen LogP contribution in [0.15, 0.2) is 44.5 Å². The Kier molecular flexibility index (Phi) is 3.19. The molecule has 10 heteroatoms. The van der Waals surface area contributed by atoms with Gasteiger partial charge in [-0.25, -0.2) is 13.6 Å². The largest absolute Gasteiger partial charge is 0.380 e. The standard InChI is InChI=1S/C9H11N7O2S/c10-8-7(9(11)16-15-8)14-13-5-2-1-3-6(4-5)19(12,17)18/h1-4,13H,(H2,12,17,18)(H4,10,11,14,15,16). The number of nitrogens with zero attached hydrogens (tertiary/aromatic N) is 3. The third kappa shape index (κ3) is 2.86. The van der Waals surface area contributed by atoms with Crippen molar-refractivity contribution in [3.05, 3.63) is 24.3 Å². The third-order valence-corrected chi connectivity index (χ3v) is 3.12. The molecule has 0 saturated heterocycles. The van der Waals surface area contributed by atoms with Crippen LogP contribution in [-0.2, 0) is 10.0 Å². The molecular formula is C9H11N7O2S. The van der Waals surface area contributed by atoms with Crippen molar-refractivity contribution >= 4 is 33.1 Å². The molecule has 0 unspecified atom stereocenters. The molecule has 1 aromatic carbocycles. The maximum Gasteiger partial charge on any atom is 0.238 e. The monoisotopic (exact) mass is 281 g/mol. The molecule has 1 aromatic rings. The molecular weight excluding hydrogens is 270 g/mol. The Hall–Kier alpha value is -2.46. The van der Waals surface area contributed by atoms with Gasteiger partial charge in [-0.1, -0.05) is 6.07 Å². The number of hydrogen-bond acceptors (Lipinski definition) is 8. The number of sulfonamides is 1. The van der Waals surface area contributed by atoms with Gasteiger partial charge in [0.2, 0.25) is 10.0 Å². The van der Waals surface area contributed by atoms with E-state index in [-0.39, 0.29) is 22.3 Å². The van der Waals surface area contributed by atoms with Gasteiger partial charge in [-0.3, -0.25) is 5.43 Å². The Balaban J connectivity index is 2.24. The summed E-state index contributed by atoms with van der Waals surface area (Å²) in [6.07, 6.45) is 0. The van der Waals surface area contributed by atoms with Crippen LogP contribution in [0.4, 0.5) is 5.69 Å². The maximum absolute atomic E-state index is 11.2. The fourth-order valence-corrected chi connectivity index (χ4v) is 1.87. The van der Waals surface area contributed by atoms with E-state index >= 15 is 0 Å². The Labute approximate surface area is 108 Å². The van der Waals surface area contributed by atoms with Gasteiger partial charge < -0.3 is 11.5 Å². The lowest BCUT2D eigenvalue weighted by molar-refractivity contribution is 0.598. The fraction of sp³-hybridized carbons (Fsp3) is 0. The molecule has 0 bridgehead atoms. The minimum atomic E-state index is -3.77. The van der Waals surface area contributed by atoms with Gasteiger partial charge in [-0.05, 0) is 18.2 Å². The number of benzene rings is 1. The topological polar surface area (TPSA) is 161 Å². The van der Waals surface area contributed by atoms with Crippen LogP contribution in [0.3, 0.4) is 0 Å². The summed E-state index contributed by atoms with van der Waals surface area (Å²) in [7, 11) is -3.77. The van der Waals surface area contributed by atoms with Crippen LogP contribution in [-0.4, -0.2) is 25.8 Å². The van der Waals surface area contributed by atoms with Crippen molar-refractivity contribution in [2.24, 2.45) is 31.9 Å². The molecule has 1 aliphatic heterocycles. The SMILES string of the molecule is NC1=NN=C(N)C1=NNc1cccc(S(N)(=O)=O)c1. The van der Waals surface area contributed by atoms with Crippen LogP contribution in [0.2, 0.25) is 0 Å². The van der Waals surface area contributed by atoms with E-state index in [9.17, 15) is 8.42 Å². The predicted molar refractivity (Wildman–Crippen MR) is 72.1 cm³/mol. The van der Waals surface area contributed by atoms with Gasteiger partial charge in [0.1, 0.15) is 0 Å². The van der Waals surface area contributed by atoms with Crippen LogP contribution in [0.25, 0.3) is 0 Å². The number of hydrazone groups is 1. The second-order valence-corrected chi connectivity index (χ2v) is 5.18. The fourth-order valence-electron chi connectivity index (χ4n) is 1.31. The first kappa shape index (κ1) is 13.0. The molecule has 0 aliphatic carbocycles. The molecule has 2 rings (SSSR count). The van der Waals surface area contributed by atoms with E-state index in [1.807, 2.05) is 0 Å². The number of amidine groups is 2. The van der Waals surface area contributed by atoms with Crippen molar-refractivity contribution in [2.75, 3.05) is 5.43 Å². The van der Waals surface area contributed by atoms with Crippen LogP contribution in [0, 0.1) is 0 Å². The minimum absolute atomic E-state index is 0.0348. The first-order valence-electron chi connectivity index (χ1n) is 5.02. The second-order valence-electron chi connectivity index (χ2n) is 3.62. The van der Waals surface area contributed by atoms with Crippen molar-refractivity contribution < 1.29 is 8.42 Å². The quantitative estimate of drug-likeness (QED) is 0.508. The molecule has 19 heavy (non-hydrogen) atoms. The summed E-state index contributed by atoms with van der Waals surface area (Å²) in [5.41, 5.74) is 14.2. The number of anilines is 1. The predicted octanol–water partition coefficient (Wildman–Crippen LogP) is -1.26. The number of hydrogen-bond donors (Lipinski definition) is 4. The third-order valence-electron chi connectivity index (χ3n) is 2.21. The highest BCUT2D eigenvalue weighted by atomic mass is 32.2. The van der Waals surface area contributed by atoms with E-state index in [4.69, 9.17) is 16.6 Å². The molecule has 0 spiro atoms. The zero-order chi connectivity index (χ0) is 14.0.